The minimum atomic E-state index is -0.404. The summed E-state index contributed by atoms with van der Waals surface area (Å²) >= 11 is 0. The highest BCUT2D eigenvalue weighted by Gasteiger charge is 2.15. The van der Waals surface area contributed by atoms with Gasteiger partial charge in [-0.05, 0) is 46.0 Å². The van der Waals surface area contributed by atoms with Crippen LogP contribution in [0.15, 0.2) is 12.1 Å². The molecule has 1 aromatic heterocycles. The highest BCUT2D eigenvalue weighted by Crippen LogP contribution is 2.23. The quantitative estimate of drug-likeness (QED) is 0.392. The molecular formula is C14H25N5O2. The molecule has 0 aliphatic rings. The van der Waals surface area contributed by atoms with Crippen LogP contribution < -0.4 is 10.6 Å². The number of pyridine rings is 1. The van der Waals surface area contributed by atoms with Crippen molar-refractivity contribution in [2.24, 2.45) is 0 Å². The Kier molecular flexibility index (Phi) is 7.45. The lowest BCUT2D eigenvalue weighted by atomic mass is 10.3. The fourth-order valence-corrected chi connectivity index (χ4v) is 1.84. The zero-order chi connectivity index (χ0) is 15.7. The van der Waals surface area contributed by atoms with Crippen LogP contribution in [0.1, 0.15) is 26.2 Å². The number of nitro groups is 1. The van der Waals surface area contributed by atoms with Crippen molar-refractivity contribution in [1.29, 1.82) is 0 Å². The largest absolute Gasteiger partial charge is 0.370 e. The first-order valence-electron chi connectivity index (χ1n) is 7.32. The Morgan fingerprint density at radius 2 is 2.00 bits per heavy atom. The Morgan fingerprint density at radius 3 is 2.62 bits per heavy atom. The third-order valence-electron chi connectivity index (χ3n) is 2.95. The van der Waals surface area contributed by atoms with Gasteiger partial charge in [0.2, 0.25) is 5.82 Å². The normalized spacial score (nSPS) is 10.7. The Bertz CT molecular complexity index is 451. The topological polar surface area (TPSA) is 83.3 Å². The maximum absolute atomic E-state index is 11.0. The van der Waals surface area contributed by atoms with Gasteiger partial charge in [-0.2, -0.15) is 0 Å². The molecule has 0 fully saturated rings. The summed E-state index contributed by atoms with van der Waals surface area (Å²) in [5.41, 5.74) is 0.0182. The van der Waals surface area contributed by atoms with Gasteiger partial charge in [0.15, 0.2) is 0 Å². The van der Waals surface area contributed by atoms with Crippen LogP contribution in [-0.2, 0) is 0 Å². The number of anilines is 2. The first-order valence-corrected chi connectivity index (χ1v) is 7.32. The fraction of sp³-hybridized carbons (Fsp3) is 0.643. The van der Waals surface area contributed by atoms with Crippen molar-refractivity contribution >= 4 is 17.3 Å². The van der Waals surface area contributed by atoms with Crippen molar-refractivity contribution in [1.82, 2.24) is 9.88 Å². The monoisotopic (exact) mass is 295 g/mol. The van der Waals surface area contributed by atoms with E-state index in [2.05, 4.69) is 27.4 Å². The van der Waals surface area contributed by atoms with Gasteiger partial charge >= 0.3 is 5.69 Å². The third-order valence-corrected chi connectivity index (χ3v) is 2.95. The molecule has 0 saturated carbocycles. The van der Waals surface area contributed by atoms with Crippen LogP contribution in [0.3, 0.4) is 0 Å². The minimum absolute atomic E-state index is 0.0182. The molecule has 1 heterocycles. The van der Waals surface area contributed by atoms with Gasteiger partial charge in [0, 0.05) is 19.2 Å². The van der Waals surface area contributed by atoms with Crippen LogP contribution in [0.2, 0.25) is 0 Å². The maximum Gasteiger partial charge on any atom is 0.311 e. The van der Waals surface area contributed by atoms with Crippen LogP contribution in [0.4, 0.5) is 17.3 Å². The van der Waals surface area contributed by atoms with E-state index in [1.165, 1.54) is 6.07 Å². The Balaban J connectivity index is 2.61. The second-order valence-electron chi connectivity index (χ2n) is 5.19. The molecule has 0 saturated heterocycles. The van der Waals surface area contributed by atoms with E-state index in [0.29, 0.717) is 18.2 Å². The first kappa shape index (κ1) is 17.2. The van der Waals surface area contributed by atoms with Crippen molar-refractivity contribution in [3.8, 4) is 0 Å². The van der Waals surface area contributed by atoms with E-state index < -0.39 is 4.92 Å². The van der Waals surface area contributed by atoms with Crippen LogP contribution in [0.5, 0.6) is 0 Å². The molecule has 0 atom stereocenters. The van der Waals surface area contributed by atoms with E-state index in [4.69, 9.17) is 0 Å². The van der Waals surface area contributed by atoms with E-state index in [1.54, 1.807) is 6.07 Å². The molecule has 118 valence electrons. The predicted octanol–water partition coefficient (Wildman–Crippen LogP) is 2.57. The van der Waals surface area contributed by atoms with Gasteiger partial charge in [0.25, 0.3) is 0 Å². The Hall–Kier alpha value is -1.89. The summed E-state index contributed by atoms with van der Waals surface area (Å²) in [6.45, 7) is 4.55. The standard InChI is InChI=1S/C14H25N5O2/c1-4-9-15-13-8-7-12(19(20)21)14(17-13)16-10-5-6-11-18(2)3/h7-8H,4-6,9-11H2,1-3H3,(H2,15,16,17). The van der Waals surface area contributed by atoms with Crippen molar-refractivity contribution in [3.05, 3.63) is 22.2 Å². The van der Waals surface area contributed by atoms with Gasteiger partial charge in [0.1, 0.15) is 5.82 Å². The van der Waals surface area contributed by atoms with Crippen molar-refractivity contribution in [2.45, 2.75) is 26.2 Å². The zero-order valence-corrected chi connectivity index (χ0v) is 13.1. The molecule has 0 unspecified atom stereocenters. The van der Waals surface area contributed by atoms with E-state index in [9.17, 15) is 10.1 Å². The van der Waals surface area contributed by atoms with Gasteiger partial charge < -0.3 is 15.5 Å². The molecule has 0 bridgehead atoms. The average molecular weight is 295 g/mol. The molecule has 0 radical (unpaired) electrons. The number of nitrogens with one attached hydrogen (secondary N) is 2. The number of hydrogen-bond donors (Lipinski definition) is 2. The second kappa shape index (κ2) is 9.12. The van der Waals surface area contributed by atoms with Crippen LogP contribution in [0, 0.1) is 10.1 Å². The molecule has 1 rings (SSSR count). The third kappa shape index (κ3) is 6.40. The van der Waals surface area contributed by atoms with Crippen molar-refractivity contribution in [3.63, 3.8) is 0 Å². The van der Waals surface area contributed by atoms with Crippen LogP contribution in [-0.4, -0.2) is 48.5 Å². The summed E-state index contributed by atoms with van der Waals surface area (Å²) in [5.74, 6) is 1.00. The zero-order valence-electron chi connectivity index (χ0n) is 13.1. The summed E-state index contributed by atoms with van der Waals surface area (Å²) < 4.78 is 0. The van der Waals surface area contributed by atoms with E-state index in [1.807, 2.05) is 14.1 Å². The fourth-order valence-electron chi connectivity index (χ4n) is 1.84. The molecule has 0 aliphatic carbocycles. The van der Waals surface area contributed by atoms with Crippen molar-refractivity contribution in [2.75, 3.05) is 44.4 Å². The number of aromatic nitrogens is 1. The van der Waals surface area contributed by atoms with E-state index >= 15 is 0 Å². The molecule has 0 amide bonds. The lowest BCUT2D eigenvalue weighted by Crippen LogP contribution is -2.14. The highest BCUT2D eigenvalue weighted by molar-refractivity contribution is 5.60. The van der Waals surface area contributed by atoms with Gasteiger partial charge in [-0.25, -0.2) is 4.98 Å². The molecule has 0 aromatic carbocycles. The molecule has 2 N–H and O–H groups in total. The summed E-state index contributed by atoms with van der Waals surface area (Å²) in [7, 11) is 4.06. The molecule has 7 nitrogen and oxygen atoms in total. The lowest BCUT2D eigenvalue weighted by Gasteiger charge is -2.11. The summed E-state index contributed by atoms with van der Waals surface area (Å²) in [4.78, 5) is 17.0. The minimum Gasteiger partial charge on any atom is -0.370 e. The predicted molar refractivity (Wildman–Crippen MR) is 85.9 cm³/mol. The molecule has 0 spiro atoms. The number of hydrogen-bond acceptors (Lipinski definition) is 6. The van der Waals surface area contributed by atoms with Gasteiger partial charge in [-0.15, -0.1) is 0 Å². The molecule has 1 aromatic rings. The smallest absolute Gasteiger partial charge is 0.311 e. The maximum atomic E-state index is 11.0. The molecule has 21 heavy (non-hydrogen) atoms. The molecule has 0 aliphatic heterocycles. The molecule has 7 heteroatoms. The van der Waals surface area contributed by atoms with Gasteiger partial charge in [0.05, 0.1) is 4.92 Å². The van der Waals surface area contributed by atoms with Crippen molar-refractivity contribution < 1.29 is 4.92 Å². The number of rotatable bonds is 10. The lowest BCUT2D eigenvalue weighted by molar-refractivity contribution is -0.384. The van der Waals surface area contributed by atoms with Gasteiger partial charge in [-0.3, -0.25) is 10.1 Å². The summed E-state index contributed by atoms with van der Waals surface area (Å²) in [6.07, 6.45) is 2.97. The molecular weight excluding hydrogens is 270 g/mol. The summed E-state index contributed by atoms with van der Waals surface area (Å²) in [5, 5.41) is 17.2. The SMILES string of the molecule is CCCNc1ccc([N+](=O)[O-])c(NCCCCN(C)C)n1. The highest BCUT2D eigenvalue weighted by atomic mass is 16.6. The van der Waals surface area contributed by atoms with E-state index in [-0.39, 0.29) is 5.69 Å². The van der Waals surface area contributed by atoms with E-state index in [0.717, 1.165) is 32.4 Å². The summed E-state index contributed by atoms with van der Waals surface area (Å²) in [6, 6.07) is 3.14. The first-order chi connectivity index (χ1) is 10.0. The average Bonchev–Trinajstić information content (AvgIpc) is 2.44. The second-order valence-corrected chi connectivity index (χ2v) is 5.19. The Labute approximate surface area is 125 Å². The number of unbranched alkanes of at least 4 members (excludes halogenated alkanes) is 1. The van der Waals surface area contributed by atoms with Crippen LogP contribution in [0.25, 0.3) is 0 Å². The number of nitrogens with zero attached hydrogens (tertiary/aromatic N) is 3. The van der Waals surface area contributed by atoms with Crippen LogP contribution >= 0.6 is 0 Å². The Morgan fingerprint density at radius 1 is 1.24 bits per heavy atom. The van der Waals surface area contributed by atoms with Gasteiger partial charge in [-0.1, -0.05) is 6.92 Å².